The first-order valence-corrected chi connectivity index (χ1v) is 11.7. The lowest BCUT2D eigenvalue weighted by Gasteiger charge is -2.35. The number of rotatable bonds is 7. The molecule has 0 aliphatic carbocycles. The minimum atomic E-state index is -0.147. The number of nitrogens with one attached hydrogen (secondary N) is 1. The van der Waals surface area contributed by atoms with Crippen LogP contribution in [0.5, 0.6) is 5.75 Å². The first-order chi connectivity index (χ1) is 15.1. The summed E-state index contributed by atoms with van der Waals surface area (Å²) in [5, 5.41) is 4.00. The van der Waals surface area contributed by atoms with E-state index in [0.29, 0.717) is 22.9 Å². The molecule has 2 aromatic heterocycles. The number of ether oxygens (including phenoxy) is 1. The number of aromatic nitrogens is 2. The van der Waals surface area contributed by atoms with Crippen LogP contribution in [-0.2, 0) is 0 Å². The zero-order valence-corrected chi connectivity index (χ0v) is 19.2. The number of nitrogens with zero attached hydrogens (tertiary/aromatic N) is 4. The molecule has 1 fully saturated rings. The lowest BCUT2D eigenvalue weighted by molar-refractivity contribution is 0.102. The summed E-state index contributed by atoms with van der Waals surface area (Å²) in [5.74, 6) is 1.46. The Morgan fingerprint density at radius 3 is 2.68 bits per heavy atom. The van der Waals surface area contributed by atoms with Gasteiger partial charge in [0.15, 0.2) is 0 Å². The number of hydrogen-bond acceptors (Lipinski definition) is 7. The lowest BCUT2D eigenvalue weighted by Crippen LogP contribution is -2.46. The van der Waals surface area contributed by atoms with E-state index in [2.05, 4.69) is 32.0 Å². The summed E-state index contributed by atoms with van der Waals surface area (Å²) in [6.07, 6.45) is 2.78. The van der Waals surface area contributed by atoms with Crippen molar-refractivity contribution < 1.29 is 9.53 Å². The molecule has 0 unspecified atom stereocenters. The van der Waals surface area contributed by atoms with Crippen molar-refractivity contribution in [3.8, 4) is 5.75 Å². The third-order valence-corrected chi connectivity index (χ3v) is 6.76. The van der Waals surface area contributed by atoms with E-state index in [1.165, 1.54) is 17.8 Å². The third kappa shape index (κ3) is 4.50. The molecule has 1 aliphatic heterocycles. The third-order valence-electron chi connectivity index (χ3n) is 5.56. The summed E-state index contributed by atoms with van der Waals surface area (Å²) >= 11 is 1.42. The molecule has 3 heterocycles. The Balaban J connectivity index is 1.60. The Morgan fingerprint density at radius 1 is 1.16 bits per heavy atom. The molecule has 0 bridgehead atoms. The number of piperazine rings is 1. The highest BCUT2D eigenvalue weighted by Gasteiger charge is 2.24. The van der Waals surface area contributed by atoms with Gasteiger partial charge in [-0.3, -0.25) is 9.69 Å². The Kier molecular flexibility index (Phi) is 6.67. The molecule has 0 radical (unpaired) electrons. The average Bonchev–Trinajstić information content (AvgIpc) is 3.13. The van der Waals surface area contributed by atoms with Crippen LogP contribution in [0.15, 0.2) is 30.6 Å². The van der Waals surface area contributed by atoms with Gasteiger partial charge in [-0.15, -0.1) is 11.3 Å². The smallest absolute Gasteiger partial charge is 0.266 e. The van der Waals surface area contributed by atoms with E-state index >= 15 is 0 Å². The number of fused-ring (bicyclic) bond motifs is 1. The molecular weight excluding hydrogens is 410 g/mol. The number of carbonyl (C=O) groups is 1. The van der Waals surface area contributed by atoms with Crippen LogP contribution in [0.3, 0.4) is 0 Å². The van der Waals surface area contributed by atoms with Crippen LogP contribution in [0.2, 0.25) is 0 Å². The number of benzene rings is 1. The van der Waals surface area contributed by atoms with Gasteiger partial charge in [0, 0.05) is 26.2 Å². The molecule has 164 valence electrons. The van der Waals surface area contributed by atoms with Crippen LogP contribution in [0, 0.1) is 6.92 Å². The highest BCUT2D eigenvalue weighted by molar-refractivity contribution is 7.20. The fraction of sp³-hybridized carbons (Fsp3) is 0.435. The first kappa shape index (κ1) is 21.5. The van der Waals surface area contributed by atoms with Gasteiger partial charge in [0.2, 0.25) is 0 Å². The van der Waals surface area contributed by atoms with Gasteiger partial charge in [0.1, 0.15) is 22.7 Å². The molecule has 8 heteroatoms. The van der Waals surface area contributed by atoms with Crippen LogP contribution in [-0.4, -0.2) is 60.1 Å². The second-order valence-electron chi connectivity index (χ2n) is 7.65. The molecule has 1 amide bonds. The van der Waals surface area contributed by atoms with E-state index in [9.17, 15) is 4.79 Å². The van der Waals surface area contributed by atoms with Crippen molar-refractivity contribution in [3.05, 3.63) is 41.0 Å². The first-order valence-electron chi connectivity index (χ1n) is 10.9. The Bertz CT molecular complexity index is 1060. The number of amides is 1. The summed E-state index contributed by atoms with van der Waals surface area (Å²) in [6, 6.07) is 7.50. The van der Waals surface area contributed by atoms with Crippen molar-refractivity contribution in [1.82, 2.24) is 14.9 Å². The van der Waals surface area contributed by atoms with Gasteiger partial charge >= 0.3 is 0 Å². The summed E-state index contributed by atoms with van der Waals surface area (Å²) in [5.41, 5.74) is 1.60. The van der Waals surface area contributed by atoms with Crippen LogP contribution < -0.4 is 15.0 Å². The van der Waals surface area contributed by atoms with E-state index < -0.39 is 0 Å². The van der Waals surface area contributed by atoms with E-state index in [-0.39, 0.29) is 5.91 Å². The predicted octanol–water partition coefficient (Wildman–Crippen LogP) is 4.18. The van der Waals surface area contributed by atoms with Crippen molar-refractivity contribution in [3.63, 3.8) is 0 Å². The normalized spacial score (nSPS) is 14.7. The maximum Gasteiger partial charge on any atom is 0.266 e. The molecule has 7 nitrogen and oxygen atoms in total. The summed E-state index contributed by atoms with van der Waals surface area (Å²) in [6.45, 7) is 11.7. The second kappa shape index (κ2) is 9.62. The van der Waals surface area contributed by atoms with Crippen LogP contribution in [0.4, 0.5) is 11.5 Å². The van der Waals surface area contributed by atoms with Gasteiger partial charge in [0.25, 0.3) is 5.91 Å². The maximum absolute atomic E-state index is 13.1. The van der Waals surface area contributed by atoms with Crippen molar-refractivity contribution in [2.75, 3.05) is 49.5 Å². The SMILES string of the molecule is CCCN1CCN(c2ncnc3sc(C(=O)Nc4ccccc4OCC)c(C)c23)CC1. The maximum atomic E-state index is 13.1. The van der Waals surface area contributed by atoms with Crippen molar-refractivity contribution >= 4 is 39.0 Å². The van der Waals surface area contributed by atoms with Crippen molar-refractivity contribution in [2.45, 2.75) is 27.2 Å². The van der Waals surface area contributed by atoms with E-state index in [0.717, 1.165) is 54.3 Å². The van der Waals surface area contributed by atoms with E-state index in [4.69, 9.17) is 4.74 Å². The minimum absolute atomic E-state index is 0.147. The van der Waals surface area contributed by atoms with E-state index in [1.807, 2.05) is 38.1 Å². The predicted molar refractivity (Wildman–Crippen MR) is 127 cm³/mol. The number of para-hydroxylation sites is 2. The van der Waals surface area contributed by atoms with Gasteiger partial charge in [-0.25, -0.2) is 9.97 Å². The molecule has 3 aromatic rings. The molecule has 1 saturated heterocycles. The van der Waals surface area contributed by atoms with Crippen LogP contribution >= 0.6 is 11.3 Å². The number of carbonyl (C=O) groups excluding carboxylic acids is 1. The fourth-order valence-corrected chi connectivity index (χ4v) is 5.08. The Labute approximate surface area is 187 Å². The van der Waals surface area contributed by atoms with Crippen LogP contribution in [0.1, 0.15) is 35.5 Å². The topological polar surface area (TPSA) is 70.6 Å². The molecule has 1 aliphatic rings. The van der Waals surface area contributed by atoms with Gasteiger partial charge < -0.3 is 15.0 Å². The highest BCUT2D eigenvalue weighted by atomic mass is 32.1. The molecule has 4 rings (SSSR count). The van der Waals surface area contributed by atoms with Gasteiger partial charge in [0.05, 0.1) is 22.6 Å². The van der Waals surface area contributed by atoms with Crippen molar-refractivity contribution in [2.24, 2.45) is 0 Å². The second-order valence-corrected chi connectivity index (χ2v) is 8.64. The zero-order chi connectivity index (χ0) is 21.8. The summed E-state index contributed by atoms with van der Waals surface area (Å²) in [4.78, 5) is 28.5. The average molecular weight is 440 g/mol. The summed E-state index contributed by atoms with van der Waals surface area (Å²) in [7, 11) is 0. The standard InChI is InChI=1S/C23H29N5O2S/c1-4-10-27-11-13-28(14-12-27)21-19-16(3)20(31-23(19)25-15-24-21)22(29)26-17-8-6-7-9-18(17)30-5-2/h6-9,15H,4-5,10-14H2,1-3H3,(H,26,29). The summed E-state index contributed by atoms with van der Waals surface area (Å²) < 4.78 is 5.64. The molecule has 1 N–H and O–H groups in total. The quantitative estimate of drug-likeness (QED) is 0.595. The molecule has 0 atom stereocenters. The molecule has 0 saturated carbocycles. The lowest BCUT2D eigenvalue weighted by atomic mass is 10.1. The molecule has 1 aromatic carbocycles. The molecular formula is C23H29N5O2S. The zero-order valence-electron chi connectivity index (χ0n) is 18.4. The number of thiophene rings is 1. The Hall–Kier alpha value is -2.71. The number of aryl methyl sites for hydroxylation is 1. The molecule has 0 spiro atoms. The fourth-order valence-electron chi connectivity index (χ4n) is 4.04. The largest absolute Gasteiger partial charge is 0.492 e. The number of anilines is 2. The van der Waals surface area contributed by atoms with Gasteiger partial charge in [-0.1, -0.05) is 19.1 Å². The van der Waals surface area contributed by atoms with Crippen LogP contribution in [0.25, 0.3) is 10.2 Å². The van der Waals surface area contributed by atoms with Gasteiger partial charge in [-0.2, -0.15) is 0 Å². The monoisotopic (exact) mass is 439 g/mol. The minimum Gasteiger partial charge on any atom is -0.492 e. The van der Waals surface area contributed by atoms with Crippen molar-refractivity contribution in [1.29, 1.82) is 0 Å². The Morgan fingerprint density at radius 2 is 1.94 bits per heavy atom. The molecule has 31 heavy (non-hydrogen) atoms. The van der Waals surface area contributed by atoms with Gasteiger partial charge in [-0.05, 0) is 44.5 Å². The van der Waals surface area contributed by atoms with E-state index in [1.54, 1.807) is 6.33 Å². The number of hydrogen-bond donors (Lipinski definition) is 1. The highest BCUT2D eigenvalue weighted by Crippen LogP contribution is 2.36.